The Morgan fingerprint density at radius 2 is 1.08 bits per heavy atom. The van der Waals surface area contributed by atoms with Crippen molar-refractivity contribution in [3.05, 3.63) is 174 Å². The first-order valence-corrected chi connectivity index (χ1v) is 16.3. The third kappa shape index (κ3) is 4.31. The maximum atomic E-state index is 10.6. The van der Waals surface area contributed by atoms with E-state index in [0.717, 1.165) is 77.2 Å². The number of fused-ring (bicyclic) bond motifs is 6. The lowest BCUT2D eigenvalue weighted by Crippen LogP contribution is -1.99. The van der Waals surface area contributed by atoms with Crippen LogP contribution < -0.4 is 0 Å². The van der Waals surface area contributed by atoms with Gasteiger partial charge in [-0.1, -0.05) is 97.1 Å². The van der Waals surface area contributed by atoms with Crippen LogP contribution in [0.25, 0.3) is 82.1 Å². The number of hydrogen-bond donors (Lipinski definition) is 0. The molecule has 0 radical (unpaired) electrons. The van der Waals surface area contributed by atoms with Gasteiger partial charge >= 0.3 is 0 Å². The number of para-hydroxylation sites is 3. The number of nitriles is 2. The third-order valence-corrected chi connectivity index (χ3v) is 9.62. The molecule has 2 aromatic heterocycles. The molecule has 0 atom stereocenters. The fourth-order valence-corrected chi connectivity index (χ4v) is 7.44. The predicted octanol–water partition coefficient (Wildman–Crippen LogP) is 11.5. The Balaban J connectivity index is 1.25. The first-order valence-electron chi connectivity index (χ1n) is 16.3. The molecule has 0 unspecified atom stereocenters. The molecular weight excluding hydrogens is 611 g/mol. The van der Waals surface area contributed by atoms with Gasteiger partial charge in [0.1, 0.15) is 6.07 Å². The smallest absolute Gasteiger partial charge is 0.189 e. The van der Waals surface area contributed by atoms with Crippen molar-refractivity contribution in [2.45, 2.75) is 0 Å². The molecule has 0 amide bonds. The normalized spacial score (nSPS) is 11.1. The number of benzene rings is 7. The topological polar surface area (TPSA) is 61.8 Å². The Hall–Kier alpha value is -7.39. The first-order chi connectivity index (χ1) is 24.7. The van der Waals surface area contributed by atoms with E-state index in [1.54, 1.807) is 0 Å². The monoisotopic (exact) mass is 635 g/mol. The molecule has 9 rings (SSSR count). The van der Waals surface area contributed by atoms with E-state index in [9.17, 15) is 10.5 Å². The van der Waals surface area contributed by atoms with Gasteiger partial charge in [0.25, 0.3) is 0 Å². The molecular formula is C45H25N5. The second-order valence-corrected chi connectivity index (χ2v) is 12.3. The maximum Gasteiger partial charge on any atom is 0.189 e. The van der Waals surface area contributed by atoms with Crippen molar-refractivity contribution >= 4 is 49.3 Å². The molecule has 50 heavy (non-hydrogen) atoms. The van der Waals surface area contributed by atoms with Gasteiger partial charge in [0, 0.05) is 32.6 Å². The lowest BCUT2D eigenvalue weighted by molar-refractivity contribution is 1.17. The zero-order valence-corrected chi connectivity index (χ0v) is 26.7. The predicted molar refractivity (Wildman–Crippen MR) is 202 cm³/mol. The molecule has 0 saturated heterocycles. The highest BCUT2D eigenvalue weighted by Gasteiger charge is 2.20. The van der Waals surface area contributed by atoms with E-state index in [1.165, 1.54) is 0 Å². The van der Waals surface area contributed by atoms with Gasteiger partial charge < -0.3 is 9.13 Å². The number of hydrogen-bond acceptors (Lipinski definition) is 2. The summed E-state index contributed by atoms with van der Waals surface area (Å²) in [5.74, 6) is 0. The van der Waals surface area contributed by atoms with Crippen LogP contribution in [0.15, 0.2) is 152 Å². The van der Waals surface area contributed by atoms with Gasteiger partial charge in [0.15, 0.2) is 5.69 Å². The van der Waals surface area contributed by atoms with Crippen LogP contribution >= 0.6 is 0 Å². The quantitative estimate of drug-likeness (QED) is 0.181. The van der Waals surface area contributed by atoms with Crippen LogP contribution in [0.2, 0.25) is 0 Å². The summed E-state index contributed by atoms with van der Waals surface area (Å²) in [5.41, 5.74) is 11.5. The molecule has 9 aromatic rings. The Kier molecular flexibility index (Phi) is 6.56. The zero-order chi connectivity index (χ0) is 33.8. The van der Waals surface area contributed by atoms with Crippen LogP contribution in [0.1, 0.15) is 11.1 Å². The molecule has 5 nitrogen and oxygen atoms in total. The third-order valence-electron chi connectivity index (χ3n) is 9.62. The lowest BCUT2D eigenvalue weighted by Gasteiger charge is -2.18. The van der Waals surface area contributed by atoms with Gasteiger partial charge in [-0.2, -0.15) is 10.5 Å². The van der Waals surface area contributed by atoms with E-state index in [0.29, 0.717) is 16.8 Å². The second-order valence-electron chi connectivity index (χ2n) is 12.3. The van der Waals surface area contributed by atoms with Crippen molar-refractivity contribution < 1.29 is 0 Å². The van der Waals surface area contributed by atoms with E-state index >= 15 is 0 Å². The minimum atomic E-state index is 0.539. The summed E-state index contributed by atoms with van der Waals surface area (Å²) in [5, 5.41) is 24.5. The molecule has 0 aliphatic carbocycles. The SMILES string of the molecule is [C-]#[N+]c1ccc2c3ccccc3n(-c3ccc(-c4ccccc4-c4ccccc4-n4c5ccccc5c5cc(C#N)ccc54)cc3C#N)c2c1. The van der Waals surface area contributed by atoms with Crippen LogP contribution in [-0.2, 0) is 0 Å². The van der Waals surface area contributed by atoms with Gasteiger partial charge in [0.2, 0.25) is 0 Å². The molecule has 7 aromatic carbocycles. The fourth-order valence-electron chi connectivity index (χ4n) is 7.44. The maximum absolute atomic E-state index is 10.6. The van der Waals surface area contributed by atoms with Crippen LogP contribution in [-0.4, -0.2) is 9.13 Å². The Bertz CT molecular complexity index is 2970. The average molecular weight is 636 g/mol. The Labute approximate surface area is 288 Å². The Morgan fingerprint density at radius 1 is 0.460 bits per heavy atom. The molecule has 230 valence electrons. The average Bonchev–Trinajstić information content (AvgIpc) is 3.69. The first kappa shape index (κ1) is 28.8. The summed E-state index contributed by atoms with van der Waals surface area (Å²) < 4.78 is 4.38. The molecule has 0 bridgehead atoms. The fraction of sp³-hybridized carbons (Fsp3) is 0. The number of rotatable bonds is 4. The van der Waals surface area contributed by atoms with E-state index in [1.807, 2.05) is 84.9 Å². The van der Waals surface area contributed by atoms with Gasteiger partial charge in [0.05, 0.1) is 51.7 Å². The summed E-state index contributed by atoms with van der Waals surface area (Å²) >= 11 is 0. The summed E-state index contributed by atoms with van der Waals surface area (Å²) in [6.07, 6.45) is 0. The van der Waals surface area contributed by atoms with Crippen molar-refractivity contribution in [2.75, 3.05) is 0 Å². The summed E-state index contributed by atoms with van der Waals surface area (Å²) in [6.45, 7) is 7.63. The second kappa shape index (κ2) is 11.4. The van der Waals surface area contributed by atoms with Gasteiger partial charge in [-0.3, -0.25) is 0 Å². The summed E-state index contributed by atoms with van der Waals surface area (Å²) in [6, 6.07) is 55.7. The molecule has 2 heterocycles. The van der Waals surface area contributed by atoms with Gasteiger partial charge in [-0.05, 0) is 71.3 Å². The molecule has 0 spiro atoms. The summed E-state index contributed by atoms with van der Waals surface area (Å²) in [4.78, 5) is 3.68. The van der Waals surface area contributed by atoms with E-state index < -0.39 is 0 Å². The van der Waals surface area contributed by atoms with E-state index in [-0.39, 0.29) is 0 Å². The summed E-state index contributed by atoms with van der Waals surface area (Å²) in [7, 11) is 0. The van der Waals surface area contributed by atoms with Crippen LogP contribution in [0.4, 0.5) is 5.69 Å². The molecule has 0 saturated carbocycles. The minimum Gasteiger partial charge on any atom is -0.309 e. The molecule has 5 heteroatoms. The van der Waals surface area contributed by atoms with E-state index in [2.05, 4.69) is 92.8 Å². The number of aromatic nitrogens is 2. The van der Waals surface area contributed by atoms with Gasteiger partial charge in [-0.15, -0.1) is 0 Å². The van der Waals surface area contributed by atoms with Gasteiger partial charge in [-0.25, -0.2) is 4.85 Å². The standard InChI is InChI=1S/C45H25N5/c1-48-32-20-21-38-36-13-5-8-16-42(36)49(45(38)26-32)40-23-19-30(25-31(40)28-47)33-10-2-3-11-34(33)35-12-4-7-15-41(35)50-43-17-9-6-14-37(43)39-24-29(27-46)18-22-44(39)50/h2-26H. The zero-order valence-electron chi connectivity index (χ0n) is 26.7. The largest absolute Gasteiger partial charge is 0.309 e. The molecule has 0 N–H and O–H groups in total. The van der Waals surface area contributed by atoms with Crippen molar-refractivity contribution in [2.24, 2.45) is 0 Å². The highest BCUT2D eigenvalue weighted by Crippen LogP contribution is 2.41. The van der Waals surface area contributed by atoms with Crippen LogP contribution in [0.5, 0.6) is 0 Å². The highest BCUT2D eigenvalue weighted by molar-refractivity contribution is 6.11. The number of nitrogens with zero attached hydrogens (tertiary/aromatic N) is 5. The van der Waals surface area contributed by atoms with Crippen LogP contribution in [0.3, 0.4) is 0 Å². The molecule has 0 aliphatic rings. The van der Waals surface area contributed by atoms with Crippen molar-refractivity contribution in [1.29, 1.82) is 10.5 Å². The van der Waals surface area contributed by atoms with E-state index in [4.69, 9.17) is 6.57 Å². The van der Waals surface area contributed by atoms with Crippen molar-refractivity contribution in [1.82, 2.24) is 9.13 Å². The van der Waals surface area contributed by atoms with Crippen molar-refractivity contribution in [3.63, 3.8) is 0 Å². The highest BCUT2D eigenvalue weighted by atomic mass is 15.0. The lowest BCUT2D eigenvalue weighted by atomic mass is 9.92. The Morgan fingerprint density at radius 3 is 1.82 bits per heavy atom. The van der Waals surface area contributed by atoms with Crippen molar-refractivity contribution in [3.8, 4) is 45.8 Å². The molecule has 0 fully saturated rings. The van der Waals surface area contributed by atoms with Crippen LogP contribution in [0, 0.1) is 29.2 Å². The molecule has 0 aliphatic heterocycles. The minimum absolute atomic E-state index is 0.539.